The van der Waals surface area contributed by atoms with Crippen molar-refractivity contribution in [2.45, 2.75) is 12.2 Å². The van der Waals surface area contributed by atoms with E-state index < -0.39 is 11.2 Å². The van der Waals surface area contributed by atoms with Crippen LogP contribution in [0, 0.1) is 5.82 Å². The molecule has 1 amide bonds. The first-order chi connectivity index (χ1) is 13.8. The highest BCUT2D eigenvalue weighted by Gasteiger charge is 2.14. The Morgan fingerprint density at radius 3 is 2.48 bits per heavy atom. The number of hydrogen-bond donors (Lipinski definition) is 1. The average molecular weight is 412 g/mol. The van der Waals surface area contributed by atoms with Gasteiger partial charge in [0.2, 0.25) is 5.91 Å². The van der Waals surface area contributed by atoms with Gasteiger partial charge in [0.15, 0.2) is 0 Å². The van der Waals surface area contributed by atoms with Crippen LogP contribution in [-0.4, -0.2) is 26.5 Å². The van der Waals surface area contributed by atoms with Gasteiger partial charge in [-0.1, -0.05) is 12.1 Å². The highest BCUT2D eigenvalue weighted by atomic mass is 32.2. The Bertz CT molecular complexity index is 1010. The Morgan fingerprint density at radius 2 is 1.86 bits per heavy atom. The molecule has 0 radical (unpaired) electrons. The van der Waals surface area contributed by atoms with Gasteiger partial charge in [-0.05, 0) is 60.6 Å². The zero-order chi connectivity index (χ0) is 21.0. The number of carbonyl (C=O) groups excluding carboxylic acids is 1. The van der Waals surface area contributed by atoms with Crippen LogP contribution in [0.25, 0.3) is 17.3 Å². The first kappa shape index (κ1) is 20.8. The molecule has 3 rings (SSSR count). The van der Waals surface area contributed by atoms with Crippen LogP contribution in [0.4, 0.5) is 10.1 Å². The van der Waals surface area contributed by atoms with Crippen LogP contribution in [0.3, 0.4) is 0 Å². The minimum Gasteiger partial charge on any atom is -0.616 e. The van der Waals surface area contributed by atoms with E-state index in [9.17, 15) is 13.7 Å². The van der Waals surface area contributed by atoms with E-state index in [0.29, 0.717) is 5.69 Å². The van der Waals surface area contributed by atoms with Crippen molar-refractivity contribution < 1.29 is 13.7 Å². The maximum Gasteiger partial charge on any atom is 0.248 e. The van der Waals surface area contributed by atoms with E-state index in [1.807, 2.05) is 19.1 Å². The summed E-state index contributed by atoms with van der Waals surface area (Å²) in [5.74, 6) is -0.586. The fourth-order valence-corrected chi connectivity index (χ4v) is 3.46. The van der Waals surface area contributed by atoms with Crippen LogP contribution in [0.15, 0.2) is 60.8 Å². The monoisotopic (exact) mass is 411 g/mol. The third-order valence-electron chi connectivity index (χ3n) is 4.64. The number of benzene rings is 2. The molecule has 2 unspecified atom stereocenters. The minimum absolute atomic E-state index is 0.0601. The molecular formula is C22H22FN3O2S. The Labute approximate surface area is 172 Å². The van der Waals surface area contributed by atoms with Gasteiger partial charge in [-0.3, -0.25) is 9.48 Å². The molecule has 2 aromatic carbocycles. The molecule has 0 aliphatic heterocycles. The highest BCUT2D eigenvalue weighted by Crippen LogP contribution is 2.25. The van der Waals surface area contributed by atoms with Crippen molar-refractivity contribution in [1.82, 2.24) is 9.78 Å². The molecule has 0 saturated carbocycles. The second kappa shape index (κ2) is 9.07. The van der Waals surface area contributed by atoms with Crippen molar-refractivity contribution in [1.29, 1.82) is 0 Å². The van der Waals surface area contributed by atoms with Crippen molar-refractivity contribution >= 4 is 28.8 Å². The van der Waals surface area contributed by atoms with E-state index in [1.165, 1.54) is 18.2 Å². The molecule has 0 aliphatic carbocycles. The number of amides is 1. The van der Waals surface area contributed by atoms with E-state index >= 15 is 0 Å². The van der Waals surface area contributed by atoms with Crippen molar-refractivity contribution in [3.05, 3.63) is 77.7 Å². The normalized spacial score (nSPS) is 13.4. The molecular weight excluding hydrogens is 389 g/mol. The summed E-state index contributed by atoms with van der Waals surface area (Å²) in [6, 6.07) is 13.4. The lowest BCUT2D eigenvalue weighted by Gasteiger charge is -2.14. The lowest BCUT2D eigenvalue weighted by molar-refractivity contribution is -0.111. The van der Waals surface area contributed by atoms with Gasteiger partial charge in [0.05, 0.1) is 18.1 Å². The number of rotatable bonds is 6. The Morgan fingerprint density at radius 1 is 1.21 bits per heavy atom. The van der Waals surface area contributed by atoms with E-state index in [-0.39, 0.29) is 17.0 Å². The maximum atomic E-state index is 13.2. The second-order valence-electron chi connectivity index (χ2n) is 6.66. The van der Waals surface area contributed by atoms with Crippen LogP contribution >= 0.6 is 0 Å². The fraction of sp³-hybridized carbons (Fsp3) is 0.182. The highest BCUT2D eigenvalue weighted by molar-refractivity contribution is 7.90. The summed E-state index contributed by atoms with van der Waals surface area (Å²) in [5, 5.41) is 6.98. The number of aromatic nitrogens is 2. The fourth-order valence-electron chi connectivity index (χ4n) is 2.92. The number of hydrogen-bond acceptors (Lipinski definition) is 3. The number of aryl methyl sites for hydroxylation is 1. The molecule has 0 aliphatic rings. The summed E-state index contributed by atoms with van der Waals surface area (Å²) >= 11 is -0.948. The van der Waals surface area contributed by atoms with Crippen LogP contribution < -0.4 is 5.32 Å². The van der Waals surface area contributed by atoms with Gasteiger partial charge in [0, 0.05) is 35.5 Å². The minimum atomic E-state index is -0.948. The van der Waals surface area contributed by atoms with E-state index in [4.69, 9.17) is 0 Å². The summed E-state index contributed by atoms with van der Waals surface area (Å²) in [6.45, 7) is 1.90. The van der Waals surface area contributed by atoms with Crippen LogP contribution in [0.2, 0.25) is 0 Å². The Kier molecular flexibility index (Phi) is 6.51. The molecule has 1 N–H and O–H groups in total. The molecule has 0 fully saturated rings. The first-order valence-corrected chi connectivity index (χ1v) is 10.7. The van der Waals surface area contributed by atoms with Gasteiger partial charge < -0.3 is 9.87 Å². The predicted molar refractivity (Wildman–Crippen MR) is 115 cm³/mol. The summed E-state index contributed by atoms with van der Waals surface area (Å²) in [7, 11) is 1.79. The quantitative estimate of drug-likeness (QED) is 0.485. The predicted octanol–water partition coefficient (Wildman–Crippen LogP) is 4.32. The van der Waals surface area contributed by atoms with Crippen LogP contribution in [0.1, 0.15) is 23.3 Å². The molecule has 0 saturated heterocycles. The number of anilines is 1. The van der Waals surface area contributed by atoms with Crippen LogP contribution in [-0.2, 0) is 23.0 Å². The lowest BCUT2D eigenvalue weighted by atomic mass is 10.1. The SMILES string of the molecule is CC(c1ccc(NC(=O)/C=C/c2cnn(C)c2-c2ccc(F)cc2)cc1)[S+](C)[O-]. The molecule has 5 nitrogen and oxygen atoms in total. The van der Waals surface area contributed by atoms with Crippen molar-refractivity contribution in [3.8, 4) is 11.3 Å². The first-order valence-electron chi connectivity index (χ1n) is 9.04. The largest absolute Gasteiger partial charge is 0.616 e. The molecule has 3 aromatic rings. The van der Waals surface area contributed by atoms with Gasteiger partial charge in [0.25, 0.3) is 0 Å². The molecule has 0 bridgehead atoms. The van der Waals surface area contributed by atoms with Gasteiger partial charge >= 0.3 is 0 Å². The summed E-state index contributed by atoms with van der Waals surface area (Å²) < 4.78 is 26.5. The van der Waals surface area contributed by atoms with Gasteiger partial charge in [0.1, 0.15) is 11.1 Å². The second-order valence-corrected chi connectivity index (χ2v) is 8.37. The van der Waals surface area contributed by atoms with Gasteiger partial charge in [-0.25, -0.2) is 4.39 Å². The molecule has 7 heteroatoms. The topological polar surface area (TPSA) is 70.0 Å². The zero-order valence-electron chi connectivity index (χ0n) is 16.4. The maximum absolute atomic E-state index is 13.2. The van der Waals surface area contributed by atoms with Crippen molar-refractivity contribution in [2.24, 2.45) is 7.05 Å². The molecule has 0 spiro atoms. The Balaban J connectivity index is 1.71. The average Bonchev–Trinajstić information content (AvgIpc) is 3.07. The third-order valence-corrected chi connectivity index (χ3v) is 5.91. The molecule has 29 heavy (non-hydrogen) atoms. The zero-order valence-corrected chi connectivity index (χ0v) is 17.2. The molecule has 2 atom stereocenters. The van der Waals surface area contributed by atoms with Crippen LogP contribution in [0.5, 0.6) is 0 Å². The van der Waals surface area contributed by atoms with E-state index in [2.05, 4.69) is 10.4 Å². The standard InChI is InChI=1S/C22H22FN3O2S/c1-15(29(3)28)16-6-11-20(12-7-16)25-21(27)13-8-18-14-24-26(2)22(18)17-4-9-19(23)10-5-17/h4-15H,1-3H3,(H,25,27)/b13-8+. The number of halogens is 1. The summed E-state index contributed by atoms with van der Waals surface area (Å²) in [4.78, 5) is 12.3. The third kappa shape index (κ3) is 5.13. The smallest absolute Gasteiger partial charge is 0.248 e. The van der Waals surface area contributed by atoms with E-state index in [1.54, 1.807) is 54.5 Å². The molecule has 1 heterocycles. The van der Waals surface area contributed by atoms with E-state index in [0.717, 1.165) is 22.4 Å². The molecule has 1 aromatic heterocycles. The number of carbonyl (C=O) groups is 1. The Hall–Kier alpha value is -2.90. The van der Waals surface area contributed by atoms with Crippen molar-refractivity contribution in [2.75, 3.05) is 11.6 Å². The molecule has 150 valence electrons. The van der Waals surface area contributed by atoms with Crippen molar-refractivity contribution in [3.63, 3.8) is 0 Å². The van der Waals surface area contributed by atoms with Gasteiger partial charge in [-0.2, -0.15) is 5.10 Å². The summed E-state index contributed by atoms with van der Waals surface area (Å²) in [6.07, 6.45) is 6.44. The summed E-state index contributed by atoms with van der Waals surface area (Å²) in [5.41, 5.74) is 3.97. The number of nitrogens with zero attached hydrogens (tertiary/aromatic N) is 2. The van der Waals surface area contributed by atoms with Gasteiger partial charge in [-0.15, -0.1) is 0 Å². The lowest BCUT2D eigenvalue weighted by Crippen LogP contribution is -2.09. The number of nitrogens with one attached hydrogen (secondary N) is 1.